The third-order valence-corrected chi connectivity index (χ3v) is 5.29. The quantitative estimate of drug-likeness (QED) is 0.485. The van der Waals surface area contributed by atoms with Gasteiger partial charge in [0, 0.05) is 33.2 Å². The van der Waals surface area contributed by atoms with E-state index in [1.807, 2.05) is 55.5 Å². The molecular formula is C21H16BrN3O3. The molecule has 28 heavy (non-hydrogen) atoms. The van der Waals surface area contributed by atoms with E-state index in [0.29, 0.717) is 6.54 Å². The van der Waals surface area contributed by atoms with E-state index in [0.717, 1.165) is 32.2 Å². The van der Waals surface area contributed by atoms with Crippen LogP contribution in [0.1, 0.15) is 16.8 Å². The first-order chi connectivity index (χ1) is 13.4. The number of carbonyl (C=O) groups excluding carboxylic acids is 3. The molecule has 4 rings (SSSR count). The lowest BCUT2D eigenvalue weighted by molar-refractivity contribution is -0.123. The van der Waals surface area contributed by atoms with Crippen molar-refractivity contribution >= 4 is 50.8 Å². The normalized spacial score (nSPS) is 14.2. The molecule has 7 heteroatoms. The highest BCUT2D eigenvalue weighted by atomic mass is 79.9. The topological polar surface area (TPSA) is 80.2 Å². The van der Waals surface area contributed by atoms with Crippen LogP contribution in [0.5, 0.6) is 0 Å². The molecule has 0 aliphatic carbocycles. The maximum atomic E-state index is 12.1. The Labute approximate surface area is 169 Å². The van der Waals surface area contributed by atoms with Gasteiger partial charge in [0.1, 0.15) is 5.57 Å². The third-order valence-electron chi connectivity index (χ3n) is 4.77. The minimum Gasteiger partial charge on any atom is -0.340 e. The highest BCUT2D eigenvalue weighted by Gasteiger charge is 2.28. The van der Waals surface area contributed by atoms with Gasteiger partial charge in [-0.2, -0.15) is 0 Å². The Kier molecular flexibility index (Phi) is 4.60. The van der Waals surface area contributed by atoms with Crippen molar-refractivity contribution in [3.8, 4) is 0 Å². The van der Waals surface area contributed by atoms with E-state index < -0.39 is 17.8 Å². The number of halogens is 1. The van der Waals surface area contributed by atoms with Crippen LogP contribution in [-0.2, 0) is 16.1 Å². The van der Waals surface area contributed by atoms with Gasteiger partial charge in [-0.3, -0.25) is 20.2 Å². The molecule has 1 aliphatic heterocycles. The number of benzene rings is 2. The lowest BCUT2D eigenvalue weighted by atomic mass is 10.1. The first-order valence-electron chi connectivity index (χ1n) is 8.64. The van der Waals surface area contributed by atoms with Crippen LogP contribution in [-0.4, -0.2) is 22.4 Å². The highest BCUT2D eigenvalue weighted by molar-refractivity contribution is 9.10. The van der Waals surface area contributed by atoms with Crippen LogP contribution in [0.2, 0.25) is 0 Å². The largest absolute Gasteiger partial charge is 0.340 e. The number of hydrogen-bond donors (Lipinski definition) is 2. The van der Waals surface area contributed by atoms with Crippen molar-refractivity contribution in [2.75, 3.05) is 0 Å². The summed E-state index contributed by atoms with van der Waals surface area (Å²) in [6, 6.07) is 15.1. The van der Waals surface area contributed by atoms with E-state index in [1.54, 1.807) is 6.08 Å². The van der Waals surface area contributed by atoms with Gasteiger partial charge >= 0.3 is 6.03 Å². The van der Waals surface area contributed by atoms with E-state index in [-0.39, 0.29) is 5.57 Å². The summed E-state index contributed by atoms with van der Waals surface area (Å²) in [5.41, 5.74) is 3.75. The monoisotopic (exact) mass is 437 g/mol. The predicted octanol–water partition coefficient (Wildman–Crippen LogP) is 3.51. The first-order valence-corrected chi connectivity index (χ1v) is 9.44. The number of nitrogens with one attached hydrogen (secondary N) is 2. The van der Waals surface area contributed by atoms with Gasteiger partial charge in [-0.25, -0.2) is 4.79 Å². The molecule has 1 aliphatic rings. The summed E-state index contributed by atoms with van der Waals surface area (Å²) < 4.78 is 3.16. The molecule has 0 spiro atoms. The number of hydrogen-bond acceptors (Lipinski definition) is 3. The zero-order valence-corrected chi connectivity index (χ0v) is 16.5. The van der Waals surface area contributed by atoms with Crippen LogP contribution in [0.15, 0.2) is 58.6 Å². The van der Waals surface area contributed by atoms with Gasteiger partial charge < -0.3 is 4.57 Å². The Bertz CT molecular complexity index is 1140. The van der Waals surface area contributed by atoms with Crippen LogP contribution in [0.3, 0.4) is 0 Å². The Morgan fingerprint density at radius 2 is 1.61 bits per heavy atom. The number of amides is 4. The Morgan fingerprint density at radius 3 is 2.29 bits per heavy atom. The van der Waals surface area contributed by atoms with Crippen LogP contribution < -0.4 is 10.6 Å². The highest BCUT2D eigenvalue weighted by Crippen LogP contribution is 2.29. The van der Waals surface area contributed by atoms with Crippen molar-refractivity contribution in [2.24, 2.45) is 0 Å². The molecule has 1 saturated heterocycles. The Hall–Kier alpha value is -3.19. The second kappa shape index (κ2) is 7.09. The summed E-state index contributed by atoms with van der Waals surface area (Å²) in [6.07, 6.45) is 1.55. The Balaban J connectivity index is 1.84. The van der Waals surface area contributed by atoms with Crippen molar-refractivity contribution in [3.63, 3.8) is 0 Å². The number of nitrogens with zero attached hydrogens (tertiary/aromatic N) is 1. The fourth-order valence-corrected chi connectivity index (χ4v) is 3.63. The molecule has 3 aromatic rings. The van der Waals surface area contributed by atoms with Crippen molar-refractivity contribution < 1.29 is 14.4 Å². The summed E-state index contributed by atoms with van der Waals surface area (Å²) >= 11 is 3.45. The van der Waals surface area contributed by atoms with Crippen molar-refractivity contribution in [3.05, 3.63) is 75.4 Å². The second-order valence-electron chi connectivity index (χ2n) is 6.52. The average Bonchev–Trinajstić information content (AvgIpc) is 2.92. The molecule has 2 aromatic carbocycles. The van der Waals surface area contributed by atoms with Crippen LogP contribution in [0.25, 0.3) is 17.0 Å². The summed E-state index contributed by atoms with van der Waals surface area (Å²) in [7, 11) is 0. The maximum Gasteiger partial charge on any atom is 0.328 e. The second-order valence-corrected chi connectivity index (χ2v) is 7.44. The zero-order valence-electron chi connectivity index (χ0n) is 15.0. The number of rotatable bonds is 3. The van der Waals surface area contributed by atoms with Crippen LogP contribution in [0.4, 0.5) is 4.79 Å². The summed E-state index contributed by atoms with van der Waals surface area (Å²) in [4.78, 5) is 35.5. The third kappa shape index (κ3) is 3.25. The number of fused-ring (bicyclic) bond motifs is 1. The van der Waals surface area contributed by atoms with Crippen molar-refractivity contribution in [2.45, 2.75) is 13.5 Å². The summed E-state index contributed by atoms with van der Waals surface area (Å²) in [6.45, 7) is 2.61. The fourth-order valence-electron chi connectivity index (χ4n) is 3.37. The molecule has 6 nitrogen and oxygen atoms in total. The van der Waals surface area contributed by atoms with E-state index in [4.69, 9.17) is 0 Å². The van der Waals surface area contributed by atoms with Gasteiger partial charge in [0.05, 0.1) is 0 Å². The molecule has 1 aromatic heterocycles. The number of imide groups is 2. The van der Waals surface area contributed by atoms with Crippen LogP contribution >= 0.6 is 15.9 Å². The van der Waals surface area contributed by atoms with E-state index in [2.05, 4.69) is 31.1 Å². The van der Waals surface area contributed by atoms with Gasteiger partial charge in [0.25, 0.3) is 11.8 Å². The molecule has 2 N–H and O–H groups in total. The minimum atomic E-state index is -0.804. The van der Waals surface area contributed by atoms with Gasteiger partial charge in [-0.15, -0.1) is 0 Å². The van der Waals surface area contributed by atoms with E-state index >= 15 is 0 Å². The number of urea groups is 1. The van der Waals surface area contributed by atoms with Gasteiger partial charge in [0.15, 0.2) is 0 Å². The van der Waals surface area contributed by atoms with E-state index in [9.17, 15) is 14.4 Å². The standard InChI is InChI=1S/C21H16BrN3O3/c1-12-16(10-17-19(26)23-21(28)24-20(17)27)15-4-2-3-5-18(15)25(12)11-13-6-8-14(22)9-7-13/h2-10H,11H2,1H3,(H2,23,24,26,27,28). The number of aromatic nitrogens is 1. The Morgan fingerprint density at radius 1 is 0.964 bits per heavy atom. The molecular weight excluding hydrogens is 422 g/mol. The molecule has 0 saturated carbocycles. The molecule has 0 atom stereocenters. The SMILES string of the molecule is Cc1c(C=C2C(=O)NC(=O)NC2=O)c2ccccc2n1Cc1ccc(Br)cc1. The maximum absolute atomic E-state index is 12.1. The molecule has 4 amide bonds. The number of barbiturate groups is 1. The number of carbonyl (C=O) groups is 3. The van der Waals surface area contributed by atoms with E-state index in [1.165, 1.54) is 0 Å². The molecule has 140 valence electrons. The van der Waals surface area contributed by atoms with Gasteiger partial charge in [0.2, 0.25) is 0 Å². The van der Waals surface area contributed by atoms with Gasteiger partial charge in [-0.05, 0) is 36.8 Å². The smallest absolute Gasteiger partial charge is 0.328 e. The van der Waals surface area contributed by atoms with Crippen molar-refractivity contribution in [1.82, 2.24) is 15.2 Å². The lowest BCUT2D eigenvalue weighted by Gasteiger charge is -2.14. The average molecular weight is 438 g/mol. The molecule has 2 heterocycles. The molecule has 0 unspecified atom stereocenters. The molecule has 0 bridgehead atoms. The summed E-state index contributed by atoms with van der Waals surface area (Å²) in [5, 5.41) is 5.15. The fraction of sp³-hybridized carbons (Fsp3) is 0.0952. The number of para-hydroxylation sites is 1. The lowest BCUT2D eigenvalue weighted by Crippen LogP contribution is -2.51. The first kappa shape index (κ1) is 18.2. The van der Waals surface area contributed by atoms with Crippen molar-refractivity contribution in [1.29, 1.82) is 0 Å². The predicted molar refractivity (Wildman–Crippen MR) is 110 cm³/mol. The van der Waals surface area contributed by atoms with Crippen LogP contribution in [0, 0.1) is 6.92 Å². The van der Waals surface area contributed by atoms with Gasteiger partial charge in [-0.1, -0.05) is 46.3 Å². The summed E-state index contributed by atoms with van der Waals surface area (Å²) in [5.74, 6) is -1.39. The minimum absolute atomic E-state index is 0.0887. The molecule has 0 radical (unpaired) electrons. The molecule has 1 fully saturated rings. The zero-order chi connectivity index (χ0) is 19.8.